The minimum atomic E-state index is -4.66. The fourth-order valence-electron chi connectivity index (χ4n) is 6.95. The molecule has 0 radical (unpaired) electrons. The summed E-state index contributed by atoms with van der Waals surface area (Å²) in [6.07, 6.45) is -4.66. The number of carbonyl (C=O) groups is 4. The number of benzene rings is 4. The summed E-state index contributed by atoms with van der Waals surface area (Å²) in [4.78, 5) is 55.1. The molecule has 2 bridgehead atoms. The first-order chi connectivity index (χ1) is 21.6. The number of amides is 3. The molecule has 3 aliphatic carbocycles. The highest BCUT2D eigenvalue weighted by Gasteiger charge is 2.62. The van der Waals surface area contributed by atoms with Gasteiger partial charge < -0.3 is 10.1 Å². The van der Waals surface area contributed by atoms with E-state index in [4.69, 9.17) is 16.3 Å². The van der Waals surface area contributed by atoms with Crippen LogP contribution < -0.4 is 10.2 Å². The summed E-state index contributed by atoms with van der Waals surface area (Å²) in [6, 6.07) is 24.0. The van der Waals surface area contributed by atoms with Crippen LogP contribution in [0.15, 0.2) is 91.0 Å². The lowest BCUT2D eigenvalue weighted by Gasteiger charge is -2.45. The van der Waals surface area contributed by atoms with Crippen molar-refractivity contribution in [1.29, 1.82) is 0 Å². The Labute approximate surface area is 259 Å². The number of esters is 1. The highest BCUT2D eigenvalue weighted by molar-refractivity contribution is 6.33. The van der Waals surface area contributed by atoms with Crippen LogP contribution in [0.1, 0.15) is 50.0 Å². The van der Waals surface area contributed by atoms with Gasteiger partial charge in [-0.05, 0) is 52.6 Å². The molecule has 4 aromatic rings. The van der Waals surface area contributed by atoms with Crippen molar-refractivity contribution < 1.29 is 37.1 Å². The first-order valence-corrected chi connectivity index (χ1v) is 14.4. The molecule has 3 amide bonds. The maximum Gasteiger partial charge on any atom is 0.416 e. The largest absolute Gasteiger partial charge is 0.452 e. The van der Waals surface area contributed by atoms with Gasteiger partial charge in [-0.2, -0.15) is 13.2 Å². The molecule has 0 aromatic heterocycles. The van der Waals surface area contributed by atoms with Gasteiger partial charge in [0, 0.05) is 11.8 Å². The minimum Gasteiger partial charge on any atom is -0.452 e. The quantitative estimate of drug-likeness (QED) is 0.199. The predicted octanol–water partition coefficient (Wildman–Crippen LogP) is 6.55. The molecule has 226 valence electrons. The van der Waals surface area contributed by atoms with Gasteiger partial charge in [-0.3, -0.25) is 14.4 Å². The molecule has 1 N–H and O–H groups in total. The fraction of sp³-hybridized carbons (Fsp3) is 0.176. The molecule has 8 rings (SSSR count). The maximum atomic E-state index is 14.1. The first-order valence-electron chi connectivity index (χ1n) is 14.0. The van der Waals surface area contributed by atoms with Gasteiger partial charge in [0.15, 0.2) is 6.61 Å². The standard InChI is InChI=1S/C34H22ClF3N2O5/c35-23-14-13-17(34(36,37)38)15-24(23)39-26(41)16-45-33(44)22-11-5-6-12-25(22)40-31(42)29-27-18-7-1-2-8-19(18)28(30(29)32(40)43)21-10-4-3-9-20(21)27/h1-15,27-30H,16H2,(H,39,41)/t27?,28?,29-,30-/m1/s1. The van der Waals surface area contributed by atoms with E-state index < -0.39 is 53.9 Å². The molecular weight excluding hydrogens is 609 g/mol. The van der Waals surface area contributed by atoms with Crippen LogP contribution in [0.25, 0.3) is 0 Å². The van der Waals surface area contributed by atoms with Crippen LogP contribution in [-0.2, 0) is 25.3 Å². The van der Waals surface area contributed by atoms with Gasteiger partial charge in [0.05, 0.1) is 39.4 Å². The van der Waals surface area contributed by atoms with Gasteiger partial charge in [0.2, 0.25) is 11.8 Å². The van der Waals surface area contributed by atoms with Gasteiger partial charge in [-0.1, -0.05) is 72.3 Å². The highest BCUT2D eigenvalue weighted by Crippen LogP contribution is 2.61. The molecule has 2 atom stereocenters. The minimum absolute atomic E-state index is 0.0285. The van der Waals surface area contributed by atoms with Crippen molar-refractivity contribution in [3.05, 3.63) is 129 Å². The molecule has 0 unspecified atom stereocenters. The number of carbonyl (C=O) groups excluding carboxylic acids is 4. The summed E-state index contributed by atoms with van der Waals surface area (Å²) < 4.78 is 44.5. The molecule has 1 fully saturated rings. The average molecular weight is 631 g/mol. The number of nitrogens with one attached hydrogen (secondary N) is 1. The molecule has 4 aromatic carbocycles. The Morgan fingerprint density at radius 1 is 0.778 bits per heavy atom. The maximum absolute atomic E-state index is 14.1. The molecule has 11 heteroatoms. The van der Waals surface area contributed by atoms with E-state index in [0.717, 1.165) is 39.3 Å². The first kappa shape index (κ1) is 28.8. The van der Waals surface area contributed by atoms with Crippen LogP contribution in [-0.4, -0.2) is 30.3 Å². The number of hydrogen-bond acceptors (Lipinski definition) is 5. The third-order valence-electron chi connectivity index (χ3n) is 8.72. The van der Waals surface area contributed by atoms with Gasteiger partial charge in [-0.15, -0.1) is 0 Å². The van der Waals surface area contributed by atoms with Crippen molar-refractivity contribution in [3.8, 4) is 0 Å². The number of para-hydroxylation sites is 1. The monoisotopic (exact) mass is 630 g/mol. The number of ether oxygens (including phenoxy) is 1. The third kappa shape index (κ3) is 4.59. The predicted molar refractivity (Wildman–Crippen MR) is 158 cm³/mol. The van der Waals surface area contributed by atoms with Gasteiger partial charge in [0.25, 0.3) is 5.91 Å². The smallest absolute Gasteiger partial charge is 0.416 e. The van der Waals surface area contributed by atoms with E-state index in [1.165, 1.54) is 18.2 Å². The number of halogens is 4. The van der Waals surface area contributed by atoms with Gasteiger partial charge in [0.1, 0.15) is 0 Å². The molecule has 45 heavy (non-hydrogen) atoms. The van der Waals surface area contributed by atoms with E-state index in [0.29, 0.717) is 6.07 Å². The van der Waals surface area contributed by atoms with E-state index in [-0.39, 0.29) is 33.8 Å². The SMILES string of the molecule is O=C(COC(=O)c1ccccc1N1C(=O)[C@@H]2C3c4ccccc4C(c4ccccc43)[C@H]2C1=O)Nc1cc(C(F)(F)F)ccc1Cl. The summed E-state index contributed by atoms with van der Waals surface area (Å²) in [5, 5.41) is 2.07. The van der Waals surface area contributed by atoms with Crippen molar-refractivity contribution in [1.82, 2.24) is 0 Å². The number of rotatable bonds is 5. The zero-order valence-corrected chi connectivity index (χ0v) is 23.9. The normalized spacial score (nSPS) is 21.2. The Balaban J connectivity index is 1.14. The van der Waals surface area contributed by atoms with E-state index in [2.05, 4.69) is 5.32 Å². The lowest BCUT2D eigenvalue weighted by molar-refractivity contribution is -0.137. The summed E-state index contributed by atoms with van der Waals surface area (Å²) in [7, 11) is 0. The van der Waals surface area contributed by atoms with Crippen LogP contribution in [0.4, 0.5) is 24.5 Å². The summed E-state index contributed by atoms with van der Waals surface area (Å²) in [5.74, 6) is -4.80. The second kappa shape index (κ2) is 10.6. The Bertz CT molecular complexity index is 1810. The molecule has 7 nitrogen and oxygen atoms in total. The Kier molecular flexibility index (Phi) is 6.77. The van der Waals surface area contributed by atoms with Crippen molar-refractivity contribution in [3.63, 3.8) is 0 Å². The Morgan fingerprint density at radius 2 is 1.29 bits per heavy atom. The zero-order chi connectivity index (χ0) is 31.6. The van der Waals surface area contributed by atoms with Crippen LogP contribution in [0, 0.1) is 11.8 Å². The summed E-state index contributed by atoms with van der Waals surface area (Å²) >= 11 is 5.95. The fourth-order valence-corrected chi connectivity index (χ4v) is 7.11. The van der Waals surface area contributed by atoms with Crippen LogP contribution in [0.3, 0.4) is 0 Å². The highest BCUT2D eigenvalue weighted by atomic mass is 35.5. The molecule has 1 saturated heterocycles. The van der Waals surface area contributed by atoms with Crippen molar-refractivity contribution in [2.75, 3.05) is 16.8 Å². The van der Waals surface area contributed by atoms with Crippen LogP contribution in [0.5, 0.6) is 0 Å². The number of alkyl halides is 3. The van der Waals surface area contributed by atoms with Crippen LogP contribution >= 0.6 is 11.6 Å². The Hall–Kier alpha value is -4.96. The molecule has 0 saturated carbocycles. The van der Waals surface area contributed by atoms with E-state index in [1.54, 1.807) is 6.07 Å². The molecule has 1 aliphatic heterocycles. The van der Waals surface area contributed by atoms with Crippen molar-refractivity contribution in [2.45, 2.75) is 18.0 Å². The molecular formula is C34H22ClF3N2O5. The molecule has 1 heterocycles. The second-order valence-electron chi connectivity index (χ2n) is 11.1. The topological polar surface area (TPSA) is 92.8 Å². The average Bonchev–Trinajstić information content (AvgIpc) is 3.30. The van der Waals surface area contributed by atoms with E-state index in [9.17, 15) is 32.3 Å². The van der Waals surface area contributed by atoms with Gasteiger partial charge in [-0.25, -0.2) is 9.69 Å². The van der Waals surface area contributed by atoms with Crippen molar-refractivity contribution in [2.24, 2.45) is 11.8 Å². The number of anilines is 2. The zero-order valence-electron chi connectivity index (χ0n) is 23.2. The molecule has 0 spiro atoms. The summed E-state index contributed by atoms with van der Waals surface area (Å²) in [5.41, 5.74) is 2.60. The Morgan fingerprint density at radius 3 is 1.82 bits per heavy atom. The third-order valence-corrected chi connectivity index (χ3v) is 9.05. The number of nitrogens with zero attached hydrogens (tertiary/aromatic N) is 1. The number of imide groups is 1. The lowest BCUT2D eigenvalue weighted by Crippen LogP contribution is -2.41. The van der Waals surface area contributed by atoms with E-state index in [1.807, 2.05) is 48.5 Å². The van der Waals surface area contributed by atoms with Crippen molar-refractivity contribution >= 4 is 46.7 Å². The lowest BCUT2D eigenvalue weighted by atomic mass is 9.55. The van der Waals surface area contributed by atoms with Gasteiger partial charge >= 0.3 is 12.1 Å². The van der Waals surface area contributed by atoms with E-state index >= 15 is 0 Å². The summed E-state index contributed by atoms with van der Waals surface area (Å²) in [6.45, 7) is -0.859. The number of hydrogen-bond donors (Lipinski definition) is 1. The second-order valence-corrected chi connectivity index (χ2v) is 11.5. The van der Waals surface area contributed by atoms with Crippen LogP contribution in [0.2, 0.25) is 5.02 Å². The molecule has 4 aliphatic rings.